The first-order valence-corrected chi connectivity index (χ1v) is 8.29. The van der Waals surface area contributed by atoms with E-state index < -0.39 is 0 Å². The topological polar surface area (TPSA) is 54.2 Å². The highest BCUT2D eigenvalue weighted by Crippen LogP contribution is 2.17. The Kier molecular flexibility index (Phi) is 6.41. The lowest BCUT2D eigenvalue weighted by Gasteiger charge is -2.11. The Morgan fingerprint density at radius 3 is 2.43 bits per heavy atom. The SMILES string of the molecule is CCCCNc1cc(N)nc(Cc2ccc(CN(C)C)cc2)c1. The molecule has 23 heavy (non-hydrogen) atoms. The third kappa shape index (κ3) is 5.91. The average molecular weight is 312 g/mol. The fraction of sp³-hybridized carbons (Fsp3) is 0.421. The summed E-state index contributed by atoms with van der Waals surface area (Å²) in [5.41, 5.74) is 10.6. The second-order valence-electron chi connectivity index (χ2n) is 6.28. The van der Waals surface area contributed by atoms with E-state index >= 15 is 0 Å². The molecule has 4 heteroatoms. The summed E-state index contributed by atoms with van der Waals surface area (Å²) in [6.45, 7) is 4.12. The molecule has 1 heterocycles. The summed E-state index contributed by atoms with van der Waals surface area (Å²) >= 11 is 0. The normalized spacial score (nSPS) is 11.0. The van der Waals surface area contributed by atoms with E-state index in [1.54, 1.807) is 0 Å². The van der Waals surface area contributed by atoms with Crippen LogP contribution in [-0.2, 0) is 13.0 Å². The maximum Gasteiger partial charge on any atom is 0.125 e. The van der Waals surface area contributed by atoms with Crippen LogP contribution < -0.4 is 11.1 Å². The summed E-state index contributed by atoms with van der Waals surface area (Å²) in [5, 5.41) is 3.42. The lowest BCUT2D eigenvalue weighted by atomic mass is 10.1. The maximum atomic E-state index is 5.94. The third-order valence-corrected chi connectivity index (χ3v) is 3.66. The van der Waals surface area contributed by atoms with E-state index in [4.69, 9.17) is 5.73 Å². The molecule has 124 valence electrons. The van der Waals surface area contributed by atoms with E-state index in [0.717, 1.165) is 37.3 Å². The number of hydrogen-bond acceptors (Lipinski definition) is 4. The first kappa shape index (κ1) is 17.3. The van der Waals surface area contributed by atoms with Gasteiger partial charge >= 0.3 is 0 Å². The number of pyridine rings is 1. The van der Waals surface area contributed by atoms with Gasteiger partial charge in [0.05, 0.1) is 0 Å². The summed E-state index contributed by atoms with van der Waals surface area (Å²) in [5.74, 6) is 0.575. The van der Waals surface area contributed by atoms with Crippen molar-refractivity contribution in [1.82, 2.24) is 9.88 Å². The quantitative estimate of drug-likeness (QED) is 0.732. The molecule has 0 aliphatic rings. The van der Waals surface area contributed by atoms with Crippen LogP contribution in [0.3, 0.4) is 0 Å². The van der Waals surface area contributed by atoms with E-state index in [-0.39, 0.29) is 0 Å². The number of aromatic nitrogens is 1. The van der Waals surface area contributed by atoms with Gasteiger partial charge < -0.3 is 16.0 Å². The standard InChI is InChI=1S/C19H28N4/c1-4-5-10-21-17-12-18(22-19(20)13-17)11-15-6-8-16(9-7-15)14-23(2)3/h6-9,12-13H,4-5,10-11,14H2,1-3H3,(H3,20,21,22). The van der Waals surface area contributed by atoms with Crippen molar-refractivity contribution in [2.75, 3.05) is 31.7 Å². The largest absolute Gasteiger partial charge is 0.385 e. The van der Waals surface area contributed by atoms with Crippen LogP contribution in [0, 0.1) is 0 Å². The molecule has 0 aliphatic heterocycles. The Balaban J connectivity index is 2.04. The molecule has 0 fully saturated rings. The molecule has 0 amide bonds. The Labute approximate surface area is 139 Å². The number of nitrogens with one attached hydrogen (secondary N) is 1. The monoisotopic (exact) mass is 312 g/mol. The molecule has 0 saturated heterocycles. The molecule has 0 radical (unpaired) electrons. The van der Waals surface area contributed by atoms with Crippen LogP contribution >= 0.6 is 0 Å². The number of anilines is 2. The van der Waals surface area contributed by atoms with Gasteiger partial charge in [0.1, 0.15) is 5.82 Å². The summed E-state index contributed by atoms with van der Waals surface area (Å²) in [6.07, 6.45) is 3.14. The third-order valence-electron chi connectivity index (χ3n) is 3.66. The summed E-state index contributed by atoms with van der Waals surface area (Å²) in [6, 6.07) is 12.7. The van der Waals surface area contributed by atoms with E-state index in [0.29, 0.717) is 5.82 Å². The molecule has 0 saturated carbocycles. The number of nitrogen functional groups attached to an aromatic ring is 1. The van der Waals surface area contributed by atoms with Gasteiger partial charge in [-0.05, 0) is 37.7 Å². The molecule has 2 rings (SSSR count). The Bertz CT molecular complexity index is 605. The van der Waals surface area contributed by atoms with Crippen molar-refractivity contribution < 1.29 is 0 Å². The minimum absolute atomic E-state index is 0.575. The van der Waals surface area contributed by atoms with E-state index in [2.05, 4.69) is 66.6 Å². The van der Waals surface area contributed by atoms with E-state index in [1.165, 1.54) is 17.5 Å². The predicted octanol–water partition coefficient (Wildman–Crippen LogP) is 3.53. The highest BCUT2D eigenvalue weighted by Gasteiger charge is 2.03. The van der Waals surface area contributed by atoms with Crippen LogP contribution in [0.4, 0.5) is 11.5 Å². The fourth-order valence-corrected chi connectivity index (χ4v) is 2.55. The average Bonchev–Trinajstić information content (AvgIpc) is 2.48. The van der Waals surface area contributed by atoms with Crippen LogP contribution in [0.2, 0.25) is 0 Å². The zero-order chi connectivity index (χ0) is 16.7. The summed E-state index contributed by atoms with van der Waals surface area (Å²) in [7, 11) is 4.16. The molecule has 3 N–H and O–H groups in total. The highest BCUT2D eigenvalue weighted by atomic mass is 15.0. The zero-order valence-electron chi connectivity index (χ0n) is 14.5. The zero-order valence-corrected chi connectivity index (χ0v) is 14.5. The molecular weight excluding hydrogens is 284 g/mol. The molecule has 4 nitrogen and oxygen atoms in total. The second kappa shape index (κ2) is 8.53. The molecule has 0 spiro atoms. The van der Waals surface area contributed by atoms with Gasteiger partial charge in [0.15, 0.2) is 0 Å². The number of hydrogen-bond donors (Lipinski definition) is 2. The van der Waals surface area contributed by atoms with Crippen LogP contribution in [-0.4, -0.2) is 30.5 Å². The number of rotatable bonds is 8. The van der Waals surface area contributed by atoms with Gasteiger partial charge in [0, 0.05) is 37.0 Å². The minimum atomic E-state index is 0.575. The van der Waals surface area contributed by atoms with Gasteiger partial charge in [-0.3, -0.25) is 0 Å². The number of nitrogens with two attached hydrogens (primary N) is 1. The van der Waals surface area contributed by atoms with Crippen molar-refractivity contribution in [1.29, 1.82) is 0 Å². The van der Waals surface area contributed by atoms with Gasteiger partial charge in [-0.15, -0.1) is 0 Å². The van der Waals surface area contributed by atoms with Gasteiger partial charge in [0.2, 0.25) is 0 Å². The Morgan fingerprint density at radius 1 is 1.09 bits per heavy atom. The van der Waals surface area contributed by atoms with Crippen molar-refractivity contribution in [2.24, 2.45) is 0 Å². The first-order chi connectivity index (χ1) is 11.1. The van der Waals surface area contributed by atoms with Crippen LogP contribution in [0.25, 0.3) is 0 Å². The molecule has 0 atom stereocenters. The van der Waals surface area contributed by atoms with E-state index in [1.807, 2.05) is 6.07 Å². The van der Waals surface area contributed by atoms with Crippen LogP contribution in [0.5, 0.6) is 0 Å². The van der Waals surface area contributed by atoms with Crippen molar-refractivity contribution in [2.45, 2.75) is 32.7 Å². The Hall–Kier alpha value is -2.07. The lowest BCUT2D eigenvalue weighted by molar-refractivity contribution is 0.402. The smallest absolute Gasteiger partial charge is 0.125 e. The summed E-state index contributed by atoms with van der Waals surface area (Å²) in [4.78, 5) is 6.63. The molecule has 1 aromatic heterocycles. The lowest BCUT2D eigenvalue weighted by Crippen LogP contribution is -2.10. The molecule has 0 aliphatic carbocycles. The number of benzene rings is 1. The van der Waals surface area contributed by atoms with Crippen molar-refractivity contribution >= 4 is 11.5 Å². The number of unbranched alkanes of at least 4 members (excludes halogenated alkanes) is 1. The molecular formula is C19H28N4. The Morgan fingerprint density at radius 2 is 1.78 bits per heavy atom. The second-order valence-corrected chi connectivity index (χ2v) is 6.28. The van der Waals surface area contributed by atoms with Crippen LogP contribution in [0.1, 0.15) is 36.6 Å². The van der Waals surface area contributed by atoms with Gasteiger partial charge in [-0.25, -0.2) is 4.98 Å². The number of nitrogens with zero attached hydrogens (tertiary/aromatic N) is 2. The van der Waals surface area contributed by atoms with Gasteiger partial charge in [-0.2, -0.15) is 0 Å². The molecule has 2 aromatic rings. The maximum absolute atomic E-state index is 5.94. The fourth-order valence-electron chi connectivity index (χ4n) is 2.55. The van der Waals surface area contributed by atoms with Crippen molar-refractivity contribution in [3.8, 4) is 0 Å². The first-order valence-electron chi connectivity index (χ1n) is 8.29. The van der Waals surface area contributed by atoms with E-state index in [9.17, 15) is 0 Å². The summed E-state index contributed by atoms with van der Waals surface area (Å²) < 4.78 is 0. The predicted molar refractivity (Wildman–Crippen MR) is 98.7 cm³/mol. The molecule has 0 unspecified atom stereocenters. The molecule has 0 bridgehead atoms. The van der Waals surface area contributed by atoms with Crippen LogP contribution in [0.15, 0.2) is 36.4 Å². The minimum Gasteiger partial charge on any atom is -0.385 e. The highest BCUT2D eigenvalue weighted by molar-refractivity contribution is 5.52. The van der Waals surface area contributed by atoms with Gasteiger partial charge in [0.25, 0.3) is 0 Å². The van der Waals surface area contributed by atoms with Crippen molar-refractivity contribution in [3.05, 3.63) is 53.2 Å². The molecule has 1 aromatic carbocycles. The van der Waals surface area contributed by atoms with Crippen molar-refractivity contribution in [3.63, 3.8) is 0 Å². The van der Waals surface area contributed by atoms with Gasteiger partial charge in [-0.1, -0.05) is 37.6 Å².